The largest absolute Gasteiger partial charge is 0.374 e. The summed E-state index contributed by atoms with van der Waals surface area (Å²) in [6, 6.07) is 38.1. The van der Waals surface area contributed by atoms with Crippen LogP contribution in [0.5, 0.6) is 0 Å². The highest BCUT2D eigenvalue weighted by Gasteiger charge is 2.41. The lowest BCUT2D eigenvalue weighted by Gasteiger charge is -2.37. The van der Waals surface area contributed by atoms with Crippen molar-refractivity contribution in [1.82, 2.24) is 10.6 Å². The van der Waals surface area contributed by atoms with Crippen molar-refractivity contribution in [3.8, 4) is 0 Å². The van der Waals surface area contributed by atoms with Gasteiger partial charge in [-0.1, -0.05) is 48.5 Å². The van der Waals surface area contributed by atoms with Crippen molar-refractivity contribution < 1.29 is 0 Å². The zero-order valence-corrected chi connectivity index (χ0v) is 24.1. The summed E-state index contributed by atoms with van der Waals surface area (Å²) in [5, 5.41) is 7.47. The van der Waals surface area contributed by atoms with Crippen LogP contribution >= 0.6 is 0 Å². The smallest absolute Gasteiger partial charge is 0.100 e. The molecule has 5 nitrogen and oxygen atoms in total. The Morgan fingerprint density at radius 3 is 2.17 bits per heavy atom. The SMILES string of the molecule is c1ccc(N(c2ccccc2)c2ccc3c(c2)C2CCCNC2N3c2ccc(C3CCNC4=NCCCC43)cc2)cc1. The molecule has 0 bridgehead atoms. The van der Waals surface area contributed by atoms with Gasteiger partial charge in [0.15, 0.2) is 0 Å². The van der Waals surface area contributed by atoms with Crippen LogP contribution in [0.1, 0.15) is 55.1 Å². The maximum atomic E-state index is 4.82. The zero-order chi connectivity index (χ0) is 27.9. The van der Waals surface area contributed by atoms with Gasteiger partial charge in [0.25, 0.3) is 0 Å². The van der Waals surface area contributed by atoms with Crippen molar-refractivity contribution >= 4 is 34.3 Å². The lowest BCUT2D eigenvalue weighted by atomic mass is 9.77. The van der Waals surface area contributed by atoms with Crippen LogP contribution in [-0.2, 0) is 0 Å². The highest BCUT2D eigenvalue weighted by atomic mass is 15.3. The summed E-state index contributed by atoms with van der Waals surface area (Å²) in [4.78, 5) is 9.77. The molecule has 0 spiro atoms. The summed E-state index contributed by atoms with van der Waals surface area (Å²) >= 11 is 0. The molecular weight excluding hydrogens is 514 g/mol. The Bertz CT molecular complexity index is 1530. The molecule has 0 radical (unpaired) electrons. The van der Waals surface area contributed by atoms with Crippen LogP contribution in [0.3, 0.4) is 0 Å². The van der Waals surface area contributed by atoms with Gasteiger partial charge < -0.3 is 15.1 Å². The van der Waals surface area contributed by atoms with Gasteiger partial charge in [-0.3, -0.25) is 10.3 Å². The normalized spacial score (nSPS) is 24.6. The van der Waals surface area contributed by atoms with E-state index in [0.717, 1.165) is 19.6 Å². The summed E-state index contributed by atoms with van der Waals surface area (Å²) in [7, 11) is 0. The number of nitrogens with one attached hydrogen (secondary N) is 2. The first-order chi connectivity index (χ1) is 20.8. The highest BCUT2D eigenvalue weighted by molar-refractivity contribution is 5.87. The number of hydrogen-bond donors (Lipinski definition) is 2. The summed E-state index contributed by atoms with van der Waals surface area (Å²) in [5.41, 5.74) is 9.09. The highest BCUT2D eigenvalue weighted by Crippen LogP contribution is 2.50. The van der Waals surface area contributed by atoms with E-state index in [1.807, 2.05) is 0 Å². The van der Waals surface area contributed by atoms with Crippen LogP contribution < -0.4 is 20.4 Å². The van der Waals surface area contributed by atoms with Crippen molar-refractivity contribution in [1.29, 1.82) is 0 Å². The molecule has 42 heavy (non-hydrogen) atoms. The van der Waals surface area contributed by atoms with Gasteiger partial charge in [0, 0.05) is 53.4 Å². The third-order valence-corrected chi connectivity index (χ3v) is 9.81. The number of anilines is 5. The molecule has 0 saturated carbocycles. The van der Waals surface area contributed by atoms with Crippen molar-refractivity contribution in [3.05, 3.63) is 114 Å². The molecule has 0 aliphatic carbocycles. The third kappa shape index (κ3) is 4.47. The van der Waals surface area contributed by atoms with Gasteiger partial charge in [-0.2, -0.15) is 0 Å². The van der Waals surface area contributed by atoms with Crippen molar-refractivity contribution in [2.75, 3.05) is 29.4 Å². The van der Waals surface area contributed by atoms with E-state index in [4.69, 9.17) is 4.99 Å². The first-order valence-electron chi connectivity index (χ1n) is 15.8. The van der Waals surface area contributed by atoms with Gasteiger partial charge in [0.05, 0.1) is 6.17 Å². The number of fused-ring (bicyclic) bond motifs is 4. The van der Waals surface area contributed by atoms with Gasteiger partial charge in [-0.15, -0.1) is 0 Å². The molecule has 4 atom stereocenters. The number of hydrogen-bond acceptors (Lipinski definition) is 5. The zero-order valence-electron chi connectivity index (χ0n) is 24.1. The van der Waals surface area contributed by atoms with Gasteiger partial charge in [0.1, 0.15) is 5.84 Å². The van der Waals surface area contributed by atoms with Gasteiger partial charge in [-0.05, 0) is 110 Å². The van der Waals surface area contributed by atoms with E-state index >= 15 is 0 Å². The molecule has 212 valence electrons. The second-order valence-electron chi connectivity index (χ2n) is 12.2. The Kier molecular flexibility index (Phi) is 6.68. The molecule has 5 heteroatoms. The first kappa shape index (κ1) is 25.6. The second-order valence-corrected chi connectivity index (χ2v) is 12.2. The maximum Gasteiger partial charge on any atom is 0.100 e. The fourth-order valence-corrected chi connectivity index (χ4v) is 7.90. The molecule has 2 N–H and O–H groups in total. The summed E-state index contributed by atoms with van der Waals surface area (Å²) in [5.74, 6) is 2.83. The van der Waals surface area contributed by atoms with Crippen LogP contribution in [0.4, 0.5) is 28.4 Å². The Morgan fingerprint density at radius 1 is 0.667 bits per heavy atom. The van der Waals surface area contributed by atoms with E-state index < -0.39 is 0 Å². The maximum absolute atomic E-state index is 4.82. The average molecular weight is 554 g/mol. The number of amidine groups is 1. The van der Waals surface area contributed by atoms with Gasteiger partial charge in [0.2, 0.25) is 0 Å². The molecule has 4 heterocycles. The number of benzene rings is 4. The van der Waals surface area contributed by atoms with Crippen molar-refractivity contribution in [2.24, 2.45) is 10.9 Å². The lowest BCUT2D eigenvalue weighted by Crippen LogP contribution is -2.46. The Labute approximate surface area is 249 Å². The molecule has 0 amide bonds. The quantitative estimate of drug-likeness (QED) is 0.263. The van der Waals surface area contributed by atoms with Gasteiger partial charge >= 0.3 is 0 Å². The van der Waals surface area contributed by atoms with Crippen LogP contribution in [-0.4, -0.2) is 31.6 Å². The molecule has 8 rings (SSSR count). The number of aliphatic imine (C=N–C) groups is 1. The van der Waals surface area contributed by atoms with E-state index in [9.17, 15) is 0 Å². The topological polar surface area (TPSA) is 42.9 Å². The molecule has 4 aromatic rings. The number of rotatable bonds is 5. The van der Waals surface area contributed by atoms with E-state index in [2.05, 4.69) is 124 Å². The summed E-state index contributed by atoms with van der Waals surface area (Å²) in [6.07, 6.45) is 6.34. The monoisotopic (exact) mass is 553 g/mol. The Balaban J connectivity index is 1.15. The van der Waals surface area contributed by atoms with E-state index in [1.54, 1.807) is 0 Å². The summed E-state index contributed by atoms with van der Waals surface area (Å²) < 4.78 is 0. The Hall–Kier alpha value is -4.09. The standard InChI is InChI=1S/C37H39N5/c1-3-9-27(10-4-1)41(28-11-5-2-6-12-28)30-19-20-35-34(25-30)33-14-8-23-40-37(33)42(35)29-17-15-26(16-18-29)31-21-24-39-36-32(31)13-7-22-38-36/h1-6,9-12,15-20,25,31-33,37,40H,7-8,13-14,21-24H2,(H,38,39). The van der Waals surface area contributed by atoms with E-state index in [0.29, 0.717) is 17.8 Å². The molecule has 4 aromatic carbocycles. The molecule has 0 aromatic heterocycles. The minimum atomic E-state index is 0.285. The van der Waals surface area contributed by atoms with Crippen molar-refractivity contribution in [3.63, 3.8) is 0 Å². The number of piperidine rings is 2. The first-order valence-corrected chi connectivity index (χ1v) is 15.8. The molecule has 4 aliphatic heterocycles. The molecule has 2 fully saturated rings. The van der Waals surface area contributed by atoms with Crippen LogP contribution in [0.15, 0.2) is 108 Å². The molecular formula is C37H39N5. The summed E-state index contributed by atoms with van der Waals surface area (Å²) in [6.45, 7) is 3.07. The minimum absolute atomic E-state index is 0.285. The fourth-order valence-electron chi connectivity index (χ4n) is 7.90. The van der Waals surface area contributed by atoms with Gasteiger partial charge in [-0.25, -0.2) is 0 Å². The van der Waals surface area contributed by atoms with E-state index in [-0.39, 0.29) is 6.17 Å². The third-order valence-electron chi connectivity index (χ3n) is 9.81. The lowest BCUT2D eigenvalue weighted by molar-refractivity contribution is 0.374. The van der Waals surface area contributed by atoms with Crippen molar-refractivity contribution in [2.45, 2.75) is 50.1 Å². The van der Waals surface area contributed by atoms with Crippen LogP contribution in [0, 0.1) is 5.92 Å². The number of nitrogens with zero attached hydrogens (tertiary/aromatic N) is 3. The second kappa shape index (κ2) is 11.0. The predicted molar refractivity (Wildman–Crippen MR) is 174 cm³/mol. The van der Waals surface area contributed by atoms with Crippen LogP contribution in [0.25, 0.3) is 0 Å². The van der Waals surface area contributed by atoms with E-state index in [1.165, 1.54) is 77.5 Å². The Morgan fingerprint density at radius 2 is 1.40 bits per heavy atom. The molecule has 4 unspecified atom stereocenters. The minimum Gasteiger partial charge on any atom is -0.374 e. The average Bonchev–Trinajstić information content (AvgIpc) is 3.39. The molecule has 4 aliphatic rings. The molecule has 2 saturated heterocycles. The fraction of sp³-hybridized carbons (Fsp3) is 0.324. The van der Waals surface area contributed by atoms with Crippen LogP contribution in [0.2, 0.25) is 0 Å². The predicted octanol–water partition coefficient (Wildman–Crippen LogP) is 7.99. The number of para-hydroxylation sites is 2.